The highest BCUT2D eigenvalue weighted by molar-refractivity contribution is 6.01. The molecule has 36 heavy (non-hydrogen) atoms. The van der Waals surface area contributed by atoms with Crippen molar-refractivity contribution in [2.24, 2.45) is 0 Å². The molecule has 0 bridgehead atoms. The lowest BCUT2D eigenvalue weighted by Gasteiger charge is -2.41. The number of benzene rings is 3. The van der Waals surface area contributed by atoms with Crippen molar-refractivity contribution < 1.29 is 19.1 Å². The van der Waals surface area contributed by atoms with Crippen LogP contribution in [0.3, 0.4) is 0 Å². The molecule has 0 radical (unpaired) electrons. The van der Waals surface area contributed by atoms with E-state index in [1.54, 1.807) is 25.0 Å². The zero-order chi connectivity index (χ0) is 25.6. The van der Waals surface area contributed by atoms with E-state index in [1.807, 2.05) is 51.1 Å². The Morgan fingerprint density at radius 1 is 0.972 bits per heavy atom. The summed E-state index contributed by atoms with van der Waals surface area (Å²) in [6.07, 6.45) is 1.50. The summed E-state index contributed by atoms with van der Waals surface area (Å²) in [5, 5.41) is 2.85. The smallest absolute Gasteiger partial charge is 0.411 e. The van der Waals surface area contributed by atoms with E-state index >= 15 is 0 Å². The maximum Gasteiger partial charge on any atom is 0.411 e. The molecule has 3 aromatic carbocycles. The van der Waals surface area contributed by atoms with Crippen molar-refractivity contribution in [3.63, 3.8) is 0 Å². The van der Waals surface area contributed by atoms with E-state index in [0.29, 0.717) is 11.4 Å². The molecule has 2 aliphatic rings. The third-order valence-corrected chi connectivity index (χ3v) is 7.02. The van der Waals surface area contributed by atoms with Gasteiger partial charge in [-0.25, -0.2) is 4.79 Å². The van der Waals surface area contributed by atoms with E-state index in [1.165, 1.54) is 11.1 Å². The molecule has 0 atom stereocenters. The quantitative estimate of drug-likeness (QED) is 0.455. The van der Waals surface area contributed by atoms with Gasteiger partial charge in [-0.15, -0.1) is 0 Å². The van der Waals surface area contributed by atoms with Gasteiger partial charge in [-0.3, -0.25) is 10.1 Å². The van der Waals surface area contributed by atoms with E-state index in [-0.39, 0.29) is 18.4 Å². The fourth-order valence-electron chi connectivity index (χ4n) is 5.64. The fourth-order valence-corrected chi connectivity index (χ4v) is 5.64. The molecule has 0 saturated heterocycles. The predicted octanol–water partition coefficient (Wildman–Crippen LogP) is 6.60. The normalized spacial score (nSPS) is 15.4. The standard InChI is InChI=1S/C30H30N2O4/c1-18-16-30(3,4)32(19(2)33)27-15-28(35-5)26(14-24(18)27)31-29(34)36-17-25-22-12-8-6-10-20(22)21-11-7-9-13-23(21)25/h6-16,25H,17H2,1-5H3,(H,31,34). The first-order chi connectivity index (χ1) is 17.2. The zero-order valence-corrected chi connectivity index (χ0v) is 21.2. The summed E-state index contributed by atoms with van der Waals surface area (Å²) in [5.41, 5.74) is 7.32. The summed E-state index contributed by atoms with van der Waals surface area (Å²) in [7, 11) is 1.54. The summed E-state index contributed by atoms with van der Waals surface area (Å²) >= 11 is 0. The molecule has 0 spiro atoms. The third kappa shape index (κ3) is 3.92. The monoisotopic (exact) mass is 482 g/mol. The number of hydrogen-bond donors (Lipinski definition) is 1. The first-order valence-corrected chi connectivity index (χ1v) is 12.1. The maximum atomic E-state index is 12.9. The molecule has 6 heteroatoms. The zero-order valence-electron chi connectivity index (χ0n) is 21.2. The van der Waals surface area contributed by atoms with Crippen LogP contribution in [0.15, 0.2) is 66.7 Å². The summed E-state index contributed by atoms with van der Waals surface area (Å²) < 4.78 is 11.3. The minimum absolute atomic E-state index is 0.0230. The Morgan fingerprint density at radius 3 is 2.17 bits per heavy atom. The van der Waals surface area contributed by atoms with Gasteiger partial charge in [0.1, 0.15) is 12.4 Å². The Morgan fingerprint density at radius 2 is 1.58 bits per heavy atom. The summed E-state index contributed by atoms with van der Waals surface area (Å²) in [6.45, 7) is 7.77. The van der Waals surface area contributed by atoms with E-state index in [4.69, 9.17) is 9.47 Å². The number of ether oxygens (including phenoxy) is 2. The molecule has 0 unspecified atom stereocenters. The molecule has 3 aromatic rings. The SMILES string of the molecule is COc1cc2c(cc1NC(=O)OCC1c3ccccc3-c3ccccc31)C(C)=CC(C)(C)N2C(C)=O. The van der Waals surface area contributed by atoms with Gasteiger partial charge in [0.25, 0.3) is 0 Å². The molecular weight excluding hydrogens is 452 g/mol. The molecule has 184 valence electrons. The van der Waals surface area contributed by atoms with E-state index < -0.39 is 11.6 Å². The number of amides is 2. The molecule has 1 aliphatic carbocycles. The van der Waals surface area contributed by atoms with Crippen LogP contribution in [0.5, 0.6) is 5.75 Å². The molecule has 2 amide bonds. The number of nitrogens with one attached hydrogen (secondary N) is 1. The number of nitrogens with zero attached hydrogens (tertiary/aromatic N) is 1. The van der Waals surface area contributed by atoms with Crippen molar-refractivity contribution in [3.05, 3.63) is 83.4 Å². The predicted molar refractivity (Wildman–Crippen MR) is 143 cm³/mol. The summed E-state index contributed by atoms with van der Waals surface area (Å²) in [6, 6.07) is 20.1. The Kier molecular flexibility index (Phi) is 5.83. The van der Waals surface area contributed by atoms with Gasteiger partial charge in [-0.2, -0.15) is 0 Å². The van der Waals surface area contributed by atoms with Crippen LogP contribution in [0.1, 0.15) is 50.3 Å². The van der Waals surface area contributed by atoms with Crippen LogP contribution in [0, 0.1) is 0 Å². The number of carbonyl (C=O) groups excluding carboxylic acids is 2. The van der Waals surface area contributed by atoms with Gasteiger partial charge in [0.05, 0.1) is 24.0 Å². The highest BCUT2D eigenvalue weighted by atomic mass is 16.5. The van der Waals surface area contributed by atoms with Gasteiger partial charge in [0, 0.05) is 24.5 Å². The molecule has 1 aliphatic heterocycles. The van der Waals surface area contributed by atoms with Crippen molar-refractivity contribution in [2.75, 3.05) is 23.9 Å². The van der Waals surface area contributed by atoms with Crippen molar-refractivity contribution in [1.82, 2.24) is 0 Å². The second-order valence-corrected chi connectivity index (χ2v) is 9.86. The maximum absolute atomic E-state index is 12.9. The van der Waals surface area contributed by atoms with Crippen molar-refractivity contribution in [3.8, 4) is 16.9 Å². The average molecular weight is 483 g/mol. The summed E-state index contributed by atoms with van der Waals surface area (Å²) in [4.78, 5) is 27.2. The first kappa shape index (κ1) is 23.7. The van der Waals surface area contributed by atoms with E-state index in [2.05, 4.69) is 35.7 Å². The molecule has 1 N–H and O–H groups in total. The average Bonchev–Trinajstić information content (AvgIpc) is 3.15. The van der Waals surface area contributed by atoms with Gasteiger partial charge in [-0.1, -0.05) is 54.6 Å². The molecule has 5 rings (SSSR count). The highest BCUT2D eigenvalue weighted by Gasteiger charge is 2.35. The second-order valence-electron chi connectivity index (χ2n) is 9.86. The van der Waals surface area contributed by atoms with Crippen LogP contribution in [0.4, 0.5) is 16.2 Å². The van der Waals surface area contributed by atoms with Crippen molar-refractivity contribution in [2.45, 2.75) is 39.2 Å². The topological polar surface area (TPSA) is 67.9 Å². The van der Waals surface area contributed by atoms with Crippen molar-refractivity contribution in [1.29, 1.82) is 0 Å². The molecule has 0 fully saturated rings. The lowest BCUT2D eigenvalue weighted by molar-refractivity contribution is -0.117. The Balaban J connectivity index is 1.39. The minimum Gasteiger partial charge on any atom is -0.494 e. The molecule has 6 nitrogen and oxygen atoms in total. The minimum atomic E-state index is -0.559. The Labute approximate surface area is 211 Å². The van der Waals surface area contributed by atoms with Crippen molar-refractivity contribution >= 4 is 28.9 Å². The Hall–Kier alpha value is -4.06. The fraction of sp³-hybridized carbons (Fsp3) is 0.267. The number of rotatable bonds is 4. The molecule has 1 heterocycles. The molecule has 0 saturated carbocycles. The number of methoxy groups -OCH3 is 1. The number of anilines is 2. The highest BCUT2D eigenvalue weighted by Crippen LogP contribution is 2.45. The molecule has 0 aromatic heterocycles. The van der Waals surface area contributed by atoms with Gasteiger partial charge in [-0.05, 0) is 54.7 Å². The first-order valence-electron chi connectivity index (χ1n) is 12.1. The third-order valence-electron chi connectivity index (χ3n) is 7.02. The lowest BCUT2D eigenvalue weighted by Crippen LogP contribution is -2.47. The number of carbonyl (C=O) groups is 2. The van der Waals surface area contributed by atoms with Crippen LogP contribution < -0.4 is 15.0 Å². The van der Waals surface area contributed by atoms with Gasteiger partial charge < -0.3 is 14.4 Å². The van der Waals surface area contributed by atoms with Crippen LogP contribution in [-0.2, 0) is 9.53 Å². The van der Waals surface area contributed by atoms with Gasteiger partial charge >= 0.3 is 6.09 Å². The lowest BCUT2D eigenvalue weighted by atomic mass is 9.88. The van der Waals surface area contributed by atoms with Crippen LogP contribution in [-0.4, -0.2) is 31.3 Å². The number of hydrogen-bond acceptors (Lipinski definition) is 4. The van der Waals surface area contributed by atoms with Gasteiger partial charge in [0.2, 0.25) is 5.91 Å². The second kappa shape index (κ2) is 8.86. The van der Waals surface area contributed by atoms with E-state index in [9.17, 15) is 9.59 Å². The van der Waals surface area contributed by atoms with Gasteiger partial charge in [0.15, 0.2) is 0 Å². The van der Waals surface area contributed by atoms with Crippen LogP contribution >= 0.6 is 0 Å². The number of allylic oxidation sites excluding steroid dienone is 1. The Bertz CT molecular complexity index is 1360. The molecular formula is C30H30N2O4. The van der Waals surface area contributed by atoms with Crippen LogP contribution in [0.25, 0.3) is 16.7 Å². The van der Waals surface area contributed by atoms with Crippen LogP contribution in [0.2, 0.25) is 0 Å². The largest absolute Gasteiger partial charge is 0.494 e. The summed E-state index contributed by atoms with van der Waals surface area (Å²) in [5.74, 6) is 0.369. The van der Waals surface area contributed by atoms with E-state index in [0.717, 1.165) is 28.0 Å². The number of fused-ring (bicyclic) bond motifs is 4.